The Kier molecular flexibility index (Phi) is 3.49. The molecule has 1 unspecified atom stereocenters. The average molecular weight is 291 g/mol. The van der Waals surface area contributed by atoms with E-state index in [4.69, 9.17) is 17.3 Å². The summed E-state index contributed by atoms with van der Waals surface area (Å²) in [5.74, 6) is 1.53. The maximum atomic E-state index is 5.82. The third-order valence-electron chi connectivity index (χ3n) is 2.57. The summed E-state index contributed by atoms with van der Waals surface area (Å²) in [6.45, 7) is 0.640. The molecule has 0 aliphatic heterocycles. The monoisotopic (exact) mass is 289 g/mol. The van der Waals surface area contributed by atoms with Crippen molar-refractivity contribution in [2.75, 3.05) is 11.9 Å². The van der Waals surface area contributed by atoms with Crippen LogP contribution in [0.3, 0.4) is 0 Å². The van der Waals surface area contributed by atoms with Crippen molar-refractivity contribution in [1.29, 1.82) is 0 Å². The van der Waals surface area contributed by atoms with E-state index in [0.717, 1.165) is 10.3 Å². The van der Waals surface area contributed by atoms with Crippen LogP contribution in [0.2, 0.25) is 5.02 Å². The van der Waals surface area contributed by atoms with E-state index in [0.29, 0.717) is 23.5 Å². The van der Waals surface area contributed by atoms with Crippen LogP contribution in [0.5, 0.6) is 0 Å². The number of hydrogen-bond donors (Lipinski definition) is 2. The van der Waals surface area contributed by atoms with Crippen LogP contribution in [0.15, 0.2) is 16.7 Å². The number of nitrogens with zero attached hydrogens (tertiary/aromatic N) is 1. The van der Waals surface area contributed by atoms with Crippen molar-refractivity contribution >= 4 is 33.3 Å². The maximum absolute atomic E-state index is 5.82. The molecule has 1 aliphatic rings. The summed E-state index contributed by atoms with van der Waals surface area (Å²) < 4.78 is 0.883. The third kappa shape index (κ3) is 2.83. The molecular weight excluding hydrogens is 277 g/mol. The number of rotatable bonds is 4. The fourth-order valence-corrected chi connectivity index (χ4v) is 2.32. The van der Waals surface area contributed by atoms with Gasteiger partial charge in [-0.15, -0.1) is 0 Å². The van der Waals surface area contributed by atoms with Crippen LogP contribution in [-0.4, -0.2) is 17.6 Å². The molecule has 82 valence electrons. The highest BCUT2D eigenvalue weighted by molar-refractivity contribution is 9.10. The molecule has 0 saturated heterocycles. The number of anilines is 1. The summed E-state index contributed by atoms with van der Waals surface area (Å²) in [5, 5.41) is 3.97. The van der Waals surface area contributed by atoms with Gasteiger partial charge in [-0.1, -0.05) is 11.6 Å². The number of nitrogens with two attached hydrogens (primary N) is 1. The van der Waals surface area contributed by atoms with Gasteiger partial charge >= 0.3 is 0 Å². The first-order chi connectivity index (χ1) is 7.20. The lowest BCUT2D eigenvalue weighted by Crippen LogP contribution is -2.31. The molecule has 3 N–H and O–H groups in total. The first-order valence-electron chi connectivity index (χ1n) is 4.98. The molecule has 5 heteroatoms. The molecule has 0 spiro atoms. The minimum atomic E-state index is 0.329. The summed E-state index contributed by atoms with van der Waals surface area (Å²) in [7, 11) is 0. The van der Waals surface area contributed by atoms with Crippen molar-refractivity contribution in [2.24, 2.45) is 11.7 Å². The van der Waals surface area contributed by atoms with Gasteiger partial charge in [-0.3, -0.25) is 0 Å². The first-order valence-corrected chi connectivity index (χ1v) is 6.15. The molecule has 15 heavy (non-hydrogen) atoms. The molecule has 0 amide bonds. The van der Waals surface area contributed by atoms with E-state index < -0.39 is 0 Å². The van der Waals surface area contributed by atoms with Gasteiger partial charge in [-0.2, -0.15) is 0 Å². The van der Waals surface area contributed by atoms with Crippen molar-refractivity contribution in [3.8, 4) is 0 Å². The van der Waals surface area contributed by atoms with Gasteiger partial charge in [0.05, 0.1) is 9.50 Å². The lowest BCUT2D eigenvalue weighted by molar-refractivity contribution is 0.642. The summed E-state index contributed by atoms with van der Waals surface area (Å²) in [5.41, 5.74) is 5.71. The Hall–Kier alpha value is -0.320. The van der Waals surface area contributed by atoms with Crippen molar-refractivity contribution in [2.45, 2.75) is 18.9 Å². The Morgan fingerprint density at radius 2 is 2.40 bits per heavy atom. The minimum Gasteiger partial charge on any atom is -0.365 e. The topological polar surface area (TPSA) is 50.9 Å². The molecule has 2 rings (SSSR count). The quantitative estimate of drug-likeness (QED) is 0.896. The average Bonchev–Trinajstić information content (AvgIpc) is 3.00. The molecule has 1 aliphatic carbocycles. The largest absolute Gasteiger partial charge is 0.365 e. The fourth-order valence-electron chi connectivity index (χ4n) is 1.56. The molecule has 1 heterocycles. The van der Waals surface area contributed by atoms with Crippen LogP contribution in [0.1, 0.15) is 12.8 Å². The Morgan fingerprint density at radius 1 is 1.67 bits per heavy atom. The SMILES string of the molecule is NCC(Nc1ncc(Cl)cc1Br)C1CC1. The normalized spacial score (nSPS) is 17.5. The van der Waals surface area contributed by atoms with Crippen LogP contribution >= 0.6 is 27.5 Å². The maximum Gasteiger partial charge on any atom is 0.140 e. The van der Waals surface area contributed by atoms with Crippen molar-refractivity contribution in [1.82, 2.24) is 4.98 Å². The Morgan fingerprint density at radius 3 is 2.93 bits per heavy atom. The lowest BCUT2D eigenvalue weighted by atomic mass is 10.2. The Bertz CT molecular complexity index is 355. The van der Waals surface area contributed by atoms with E-state index in [1.54, 1.807) is 6.20 Å². The standard InChI is InChI=1S/C10H13BrClN3/c11-8-3-7(12)5-14-10(8)15-9(4-13)6-1-2-6/h3,5-6,9H,1-2,4,13H2,(H,14,15). The van der Waals surface area contributed by atoms with Crippen LogP contribution in [0.4, 0.5) is 5.82 Å². The van der Waals surface area contributed by atoms with E-state index in [2.05, 4.69) is 26.2 Å². The summed E-state index contributed by atoms with van der Waals surface area (Å²) in [6.07, 6.45) is 4.16. The number of aromatic nitrogens is 1. The van der Waals surface area contributed by atoms with Crippen LogP contribution < -0.4 is 11.1 Å². The molecule has 1 aromatic rings. The van der Waals surface area contributed by atoms with Gasteiger partial charge in [-0.05, 0) is 40.8 Å². The van der Waals surface area contributed by atoms with Crippen LogP contribution in [-0.2, 0) is 0 Å². The number of nitrogens with one attached hydrogen (secondary N) is 1. The summed E-state index contributed by atoms with van der Waals surface area (Å²) >= 11 is 9.24. The number of halogens is 2. The zero-order valence-electron chi connectivity index (χ0n) is 8.21. The number of hydrogen-bond acceptors (Lipinski definition) is 3. The zero-order chi connectivity index (χ0) is 10.8. The smallest absolute Gasteiger partial charge is 0.140 e. The molecule has 1 aromatic heterocycles. The predicted octanol–water partition coefficient (Wildman–Crippen LogP) is 2.65. The zero-order valence-corrected chi connectivity index (χ0v) is 10.6. The molecule has 0 radical (unpaired) electrons. The van der Waals surface area contributed by atoms with E-state index in [9.17, 15) is 0 Å². The third-order valence-corrected chi connectivity index (χ3v) is 3.39. The molecule has 3 nitrogen and oxygen atoms in total. The van der Waals surface area contributed by atoms with Crippen LogP contribution in [0.25, 0.3) is 0 Å². The van der Waals surface area contributed by atoms with Gasteiger partial charge < -0.3 is 11.1 Å². The predicted molar refractivity (Wildman–Crippen MR) is 66.1 cm³/mol. The Balaban J connectivity index is 2.08. The summed E-state index contributed by atoms with van der Waals surface area (Å²) in [6, 6.07) is 2.16. The molecule has 1 saturated carbocycles. The second-order valence-electron chi connectivity index (χ2n) is 3.81. The molecule has 1 fully saturated rings. The van der Waals surface area contributed by atoms with Gasteiger partial charge in [0.2, 0.25) is 0 Å². The fraction of sp³-hybridized carbons (Fsp3) is 0.500. The van der Waals surface area contributed by atoms with Crippen LogP contribution in [0, 0.1) is 5.92 Å². The van der Waals surface area contributed by atoms with E-state index >= 15 is 0 Å². The van der Waals surface area contributed by atoms with Gasteiger partial charge in [0.15, 0.2) is 0 Å². The Labute approximate surface area is 103 Å². The highest BCUT2D eigenvalue weighted by Crippen LogP contribution is 2.34. The van der Waals surface area contributed by atoms with Gasteiger partial charge in [-0.25, -0.2) is 4.98 Å². The first kappa shape index (κ1) is 11.2. The van der Waals surface area contributed by atoms with Gasteiger partial charge in [0.1, 0.15) is 5.82 Å². The number of pyridine rings is 1. The minimum absolute atomic E-state index is 0.329. The highest BCUT2D eigenvalue weighted by Gasteiger charge is 2.30. The molecule has 0 bridgehead atoms. The van der Waals surface area contributed by atoms with Crippen molar-refractivity contribution < 1.29 is 0 Å². The van der Waals surface area contributed by atoms with Crippen molar-refractivity contribution in [3.05, 3.63) is 21.8 Å². The van der Waals surface area contributed by atoms with Crippen molar-refractivity contribution in [3.63, 3.8) is 0 Å². The second kappa shape index (κ2) is 4.68. The second-order valence-corrected chi connectivity index (χ2v) is 5.10. The summed E-state index contributed by atoms with van der Waals surface area (Å²) in [4.78, 5) is 4.23. The molecule has 0 aromatic carbocycles. The van der Waals surface area contributed by atoms with E-state index in [-0.39, 0.29) is 0 Å². The van der Waals surface area contributed by atoms with Gasteiger partial charge in [0, 0.05) is 18.8 Å². The molecule has 1 atom stereocenters. The van der Waals surface area contributed by atoms with E-state index in [1.165, 1.54) is 12.8 Å². The van der Waals surface area contributed by atoms with Gasteiger partial charge in [0.25, 0.3) is 0 Å². The van der Waals surface area contributed by atoms with E-state index in [1.807, 2.05) is 6.07 Å². The lowest BCUT2D eigenvalue weighted by Gasteiger charge is -2.17. The molecular formula is C10H13BrClN3. The highest BCUT2D eigenvalue weighted by atomic mass is 79.9.